The Bertz CT molecular complexity index is 1110. The number of aromatic nitrogens is 3. The van der Waals surface area contributed by atoms with Crippen LogP contribution in [-0.2, 0) is 0 Å². The highest BCUT2D eigenvalue weighted by Gasteiger charge is 2.10. The van der Waals surface area contributed by atoms with Gasteiger partial charge in [-0.1, -0.05) is 41.9 Å². The minimum atomic E-state index is 0.696. The van der Waals surface area contributed by atoms with Gasteiger partial charge in [-0.05, 0) is 56.3 Å². The van der Waals surface area contributed by atoms with Crippen LogP contribution < -0.4 is 0 Å². The van der Waals surface area contributed by atoms with Gasteiger partial charge in [-0.25, -0.2) is 9.67 Å². The molecule has 3 nitrogen and oxygen atoms in total. The molecule has 0 saturated heterocycles. The van der Waals surface area contributed by atoms with Crippen LogP contribution in [0, 0.1) is 13.8 Å². The molecule has 0 aliphatic heterocycles. The second kappa shape index (κ2) is 6.77. The zero-order chi connectivity index (χ0) is 18.1. The van der Waals surface area contributed by atoms with Crippen molar-refractivity contribution in [1.82, 2.24) is 14.8 Å². The fourth-order valence-electron chi connectivity index (χ4n) is 3.08. The fraction of sp³-hybridized carbons (Fsp3) is 0.0909. The minimum absolute atomic E-state index is 0.696. The first-order valence-corrected chi connectivity index (χ1v) is 8.86. The maximum absolute atomic E-state index is 6.08. The quantitative estimate of drug-likeness (QED) is 0.458. The summed E-state index contributed by atoms with van der Waals surface area (Å²) in [5.74, 6) is 0. The van der Waals surface area contributed by atoms with E-state index in [4.69, 9.17) is 11.6 Å². The van der Waals surface area contributed by atoms with Gasteiger partial charge in [0.15, 0.2) is 0 Å². The van der Waals surface area contributed by atoms with Crippen LogP contribution in [0.15, 0.2) is 60.7 Å². The molecule has 0 fully saturated rings. The maximum Gasteiger partial charge on any atom is 0.0724 e. The van der Waals surface area contributed by atoms with Crippen LogP contribution in [0.3, 0.4) is 0 Å². The van der Waals surface area contributed by atoms with Gasteiger partial charge < -0.3 is 0 Å². The van der Waals surface area contributed by atoms with Crippen LogP contribution >= 0.6 is 11.6 Å². The Kier molecular flexibility index (Phi) is 4.31. The van der Waals surface area contributed by atoms with Crippen LogP contribution in [0.5, 0.6) is 0 Å². The molecule has 0 radical (unpaired) electrons. The van der Waals surface area contributed by atoms with Crippen molar-refractivity contribution in [3.8, 4) is 5.69 Å². The van der Waals surface area contributed by atoms with Gasteiger partial charge in [-0.2, -0.15) is 5.10 Å². The highest BCUT2D eigenvalue weighted by molar-refractivity contribution is 6.31. The fourth-order valence-corrected chi connectivity index (χ4v) is 3.25. The Morgan fingerprint density at radius 2 is 1.69 bits per heavy atom. The maximum atomic E-state index is 6.08. The molecule has 2 heterocycles. The van der Waals surface area contributed by atoms with Gasteiger partial charge in [-0.3, -0.25) is 0 Å². The number of hydrogen-bond donors (Lipinski definition) is 0. The van der Waals surface area contributed by atoms with Crippen molar-refractivity contribution in [1.29, 1.82) is 0 Å². The minimum Gasteiger partial charge on any atom is -0.248 e. The summed E-state index contributed by atoms with van der Waals surface area (Å²) in [7, 11) is 0. The van der Waals surface area contributed by atoms with Crippen LogP contribution in [0.2, 0.25) is 5.02 Å². The summed E-state index contributed by atoms with van der Waals surface area (Å²) in [5.41, 5.74) is 6.06. The highest BCUT2D eigenvalue weighted by Crippen LogP contribution is 2.22. The average Bonchev–Trinajstić information content (AvgIpc) is 2.94. The number of para-hydroxylation sites is 1. The molecule has 0 unspecified atom stereocenters. The lowest BCUT2D eigenvalue weighted by atomic mass is 10.1. The molecule has 0 amide bonds. The first-order chi connectivity index (χ1) is 12.6. The van der Waals surface area contributed by atoms with E-state index in [-0.39, 0.29) is 0 Å². The van der Waals surface area contributed by atoms with Crippen molar-refractivity contribution in [3.63, 3.8) is 0 Å². The van der Waals surface area contributed by atoms with Gasteiger partial charge in [-0.15, -0.1) is 0 Å². The summed E-state index contributed by atoms with van der Waals surface area (Å²) >= 11 is 6.08. The Hall–Kier alpha value is -2.91. The Balaban J connectivity index is 1.70. The van der Waals surface area contributed by atoms with Crippen molar-refractivity contribution in [3.05, 3.63) is 88.3 Å². The monoisotopic (exact) mass is 359 g/mol. The van der Waals surface area contributed by atoms with Gasteiger partial charge >= 0.3 is 0 Å². The first-order valence-electron chi connectivity index (χ1n) is 8.48. The van der Waals surface area contributed by atoms with Gasteiger partial charge in [0.05, 0.1) is 22.6 Å². The third kappa shape index (κ3) is 3.14. The molecule has 128 valence electrons. The van der Waals surface area contributed by atoms with Gasteiger partial charge in [0.1, 0.15) is 0 Å². The number of aryl methyl sites for hydroxylation is 1. The number of fused-ring (bicyclic) bond motifs is 1. The molecular weight excluding hydrogens is 342 g/mol. The lowest BCUT2D eigenvalue weighted by Gasteiger charge is -2.03. The van der Waals surface area contributed by atoms with Crippen LogP contribution in [0.1, 0.15) is 22.6 Å². The zero-order valence-electron chi connectivity index (χ0n) is 14.6. The summed E-state index contributed by atoms with van der Waals surface area (Å²) in [6.45, 7) is 4.11. The molecule has 0 atom stereocenters. The lowest BCUT2D eigenvalue weighted by molar-refractivity contribution is 0.833. The molecule has 0 bridgehead atoms. The molecular formula is C22H18ClN3. The standard InChI is InChI=1S/C22H18ClN3/c1-15-21(16(2)26(25-15)20-6-4-3-5-7-20)13-12-19-11-9-17-8-10-18(23)14-22(17)24-19/h3-14H,1-2H3/b13-12+. The number of halogens is 1. The van der Waals surface area contributed by atoms with E-state index in [1.165, 1.54) is 0 Å². The van der Waals surface area contributed by atoms with E-state index in [9.17, 15) is 0 Å². The SMILES string of the molecule is Cc1nn(-c2ccccc2)c(C)c1/C=C/c1ccc2ccc(Cl)cc2n1. The molecule has 0 aliphatic rings. The van der Waals surface area contributed by atoms with Gasteiger partial charge in [0, 0.05) is 21.7 Å². The number of hydrogen-bond acceptors (Lipinski definition) is 2. The van der Waals surface area contributed by atoms with Crippen LogP contribution in [0.25, 0.3) is 28.7 Å². The molecule has 26 heavy (non-hydrogen) atoms. The summed E-state index contributed by atoms with van der Waals surface area (Å²) in [6, 6.07) is 20.0. The molecule has 4 rings (SSSR count). The summed E-state index contributed by atoms with van der Waals surface area (Å²) in [5, 5.41) is 6.46. The Labute approximate surface area is 157 Å². The lowest BCUT2D eigenvalue weighted by Crippen LogP contribution is -1.98. The topological polar surface area (TPSA) is 30.7 Å². The Morgan fingerprint density at radius 1 is 0.923 bits per heavy atom. The zero-order valence-corrected chi connectivity index (χ0v) is 15.4. The number of rotatable bonds is 3. The summed E-state index contributed by atoms with van der Waals surface area (Å²) in [6.07, 6.45) is 4.10. The number of nitrogens with zero attached hydrogens (tertiary/aromatic N) is 3. The molecule has 4 heteroatoms. The molecule has 4 aromatic rings. The van der Waals surface area contributed by atoms with Gasteiger partial charge in [0.25, 0.3) is 0 Å². The molecule has 0 saturated carbocycles. The van der Waals surface area contributed by atoms with E-state index >= 15 is 0 Å². The van der Waals surface area contributed by atoms with E-state index in [0.29, 0.717) is 5.02 Å². The van der Waals surface area contributed by atoms with E-state index in [0.717, 1.165) is 39.2 Å². The van der Waals surface area contributed by atoms with Gasteiger partial charge in [0.2, 0.25) is 0 Å². The van der Waals surface area contributed by atoms with E-state index in [1.54, 1.807) is 0 Å². The smallest absolute Gasteiger partial charge is 0.0724 e. The van der Waals surface area contributed by atoms with Crippen LogP contribution in [0.4, 0.5) is 0 Å². The third-order valence-electron chi connectivity index (χ3n) is 4.44. The average molecular weight is 360 g/mol. The van der Waals surface area contributed by atoms with Crippen molar-refractivity contribution in [2.24, 2.45) is 0 Å². The van der Waals surface area contributed by atoms with E-state index < -0.39 is 0 Å². The van der Waals surface area contributed by atoms with Crippen molar-refractivity contribution in [2.45, 2.75) is 13.8 Å². The van der Waals surface area contributed by atoms with E-state index in [2.05, 4.69) is 41.3 Å². The molecule has 0 N–H and O–H groups in total. The molecule has 2 aromatic carbocycles. The Morgan fingerprint density at radius 3 is 2.50 bits per heavy atom. The second-order valence-corrected chi connectivity index (χ2v) is 6.67. The summed E-state index contributed by atoms with van der Waals surface area (Å²) < 4.78 is 1.97. The number of pyridine rings is 1. The van der Waals surface area contributed by atoms with Crippen molar-refractivity contribution < 1.29 is 0 Å². The largest absolute Gasteiger partial charge is 0.248 e. The van der Waals surface area contributed by atoms with Crippen molar-refractivity contribution >= 4 is 34.7 Å². The summed E-state index contributed by atoms with van der Waals surface area (Å²) in [4.78, 5) is 4.68. The molecule has 0 spiro atoms. The first kappa shape index (κ1) is 16.6. The van der Waals surface area contributed by atoms with E-state index in [1.807, 2.05) is 60.1 Å². The van der Waals surface area contributed by atoms with Crippen LogP contribution in [-0.4, -0.2) is 14.8 Å². The highest BCUT2D eigenvalue weighted by atomic mass is 35.5. The third-order valence-corrected chi connectivity index (χ3v) is 4.68. The number of benzene rings is 2. The van der Waals surface area contributed by atoms with Crippen molar-refractivity contribution in [2.75, 3.05) is 0 Å². The second-order valence-electron chi connectivity index (χ2n) is 6.24. The predicted molar refractivity (Wildman–Crippen MR) is 109 cm³/mol. The normalized spacial score (nSPS) is 11.5. The molecule has 0 aliphatic carbocycles. The predicted octanol–water partition coefficient (Wildman–Crippen LogP) is 5.86. The molecule has 2 aromatic heterocycles.